The van der Waals surface area contributed by atoms with Crippen molar-refractivity contribution in [3.05, 3.63) is 30.1 Å². The van der Waals surface area contributed by atoms with Crippen molar-refractivity contribution in [2.45, 2.75) is 32.7 Å². The fourth-order valence-electron chi connectivity index (χ4n) is 1.80. The minimum atomic E-state index is -3.39. The Bertz CT molecular complexity index is 491. The second-order valence-corrected chi connectivity index (χ2v) is 7.15. The van der Waals surface area contributed by atoms with Crippen molar-refractivity contribution >= 4 is 10.2 Å². The standard InChI is InChI=1S/C14H26N4O2S/c1-13(2)16-8-4-12-18(3)21(19,20)17-11-7-14-5-9-15-10-6-14/h5-6,9-10,13,16-17H,4,7-8,11-12H2,1-3H3. The van der Waals surface area contributed by atoms with Crippen LogP contribution in [0.1, 0.15) is 25.8 Å². The average Bonchev–Trinajstić information content (AvgIpc) is 2.44. The summed E-state index contributed by atoms with van der Waals surface area (Å²) in [5.41, 5.74) is 1.07. The van der Waals surface area contributed by atoms with Crippen LogP contribution in [0.3, 0.4) is 0 Å². The van der Waals surface area contributed by atoms with Gasteiger partial charge in [-0.1, -0.05) is 13.8 Å². The Balaban J connectivity index is 2.28. The van der Waals surface area contributed by atoms with Crippen LogP contribution in [0.5, 0.6) is 0 Å². The van der Waals surface area contributed by atoms with Crippen LogP contribution in [0.15, 0.2) is 24.5 Å². The molecule has 7 heteroatoms. The van der Waals surface area contributed by atoms with E-state index in [-0.39, 0.29) is 0 Å². The molecular weight excluding hydrogens is 288 g/mol. The summed E-state index contributed by atoms with van der Waals surface area (Å²) in [5.74, 6) is 0. The van der Waals surface area contributed by atoms with Gasteiger partial charge in [-0.05, 0) is 37.1 Å². The molecule has 6 nitrogen and oxygen atoms in total. The summed E-state index contributed by atoms with van der Waals surface area (Å²) >= 11 is 0. The quantitative estimate of drug-likeness (QED) is 0.626. The van der Waals surface area contributed by atoms with Crippen LogP contribution in [0.25, 0.3) is 0 Å². The molecule has 0 aromatic carbocycles. The number of pyridine rings is 1. The molecule has 2 N–H and O–H groups in total. The molecule has 1 aromatic heterocycles. The van der Waals surface area contributed by atoms with Crippen molar-refractivity contribution < 1.29 is 8.42 Å². The maximum Gasteiger partial charge on any atom is 0.279 e. The number of aromatic nitrogens is 1. The van der Waals surface area contributed by atoms with Crippen LogP contribution in [0, 0.1) is 0 Å². The molecule has 21 heavy (non-hydrogen) atoms. The first-order valence-corrected chi connectivity index (χ1v) is 8.69. The number of hydrogen-bond donors (Lipinski definition) is 2. The van der Waals surface area contributed by atoms with E-state index in [1.807, 2.05) is 12.1 Å². The number of rotatable bonds is 10. The molecule has 0 aliphatic heterocycles. The van der Waals surface area contributed by atoms with Gasteiger partial charge in [0.25, 0.3) is 10.2 Å². The molecule has 1 heterocycles. The van der Waals surface area contributed by atoms with E-state index in [4.69, 9.17) is 0 Å². The van der Waals surface area contributed by atoms with E-state index in [9.17, 15) is 8.42 Å². The first-order chi connectivity index (χ1) is 9.92. The lowest BCUT2D eigenvalue weighted by atomic mass is 10.2. The van der Waals surface area contributed by atoms with Gasteiger partial charge < -0.3 is 5.32 Å². The Morgan fingerprint density at radius 1 is 1.24 bits per heavy atom. The van der Waals surface area contributed by atoms with E-state index in [1.54, 1.807) is 19.4 Å². The summed E-state index contributed by atoms with van der Waals surface area (Å²) in [4.78, 5) is 3.93. The maximum absolute atomic E-state index is 12.0. The summed E-state index contributed by atoms with van der Waals surface area (Å²) in [6, 6.07) is 4.19. The minimum Gasteiger partial charge on any atom is -0.314 e. The van der Waals surface area contributed by atoms with Gasteiger partial charge in [-0.2, -0.15) is 12.7 Å². The Labute approximate surface area is 128 Å². The Kier molecular flexibility index (Phi) is 7.81. The molecule has 0 aliphatic carbocycles. The molecule has 0 spiro atoms. The third-order valence-electron chi connectivity index (χ3n) is 3.06. The number of nitrogens with one attached hydrogen (secondary N) is 2. The van der Waals surface area contributed by atoms with Gasteiger partial charge in [0, 0.05) is 38.6 Å². The van der Waals surface area contributed by atoms with Crippen LogP contribution in [-0.4, -0.2) is 50.4 Å². The van der Waals surface area contributed by atoms with E-state index < -0.39 is 10.2 Å². The van der Waals surface area contributed by atoms with Gasteiger partial charge in [-0.15, -0.1) is 0 Å². The molecule has 120 valence electrons. The normalized spacial score (nSPS) is 12.2. The van der Waals surface area contributed by atoms with Gasteiger partial charge in [-0.25, -0.2) is 4.72 Å². The first kappa shape index (κ1) is 18.0. The van der Waals surface area contributed by atoms with E-state index in [2.05, 4.69) is 28.9 Å². The van der Waals surface area contributed by atoms with Crippen molar-refractivity contribution in [2.24, 2.45) is 0 Å². The zero-order valence-electron chi connectivity index (χ0n) is 13.0. The van der Waals surface area contributed by atoms with Gasteiger partial charge >= 0.3 is 0 Å². The van der Waals surface area contributed by atoms with Gasteiger partial charge in [0.1, 0.15) is 0 Å². The largest absolute Gasteiger partial charge is 0.314 e. The fourth-order valence-corrected chi connectivity index (χ4v) is 2.75. The third kappa shape index (κ3) is 7.52. The lowest BCUT2D eigenvalue weighted by Crippen LogP contribution is -2.40. The van der Waals surface area contributed by atoms with Crippen LogP contribution in [0.2, 0.25) is 0 Å². The molecule has 0 saturated heterocycles. The van der Waals surface area contributed by atoms with Crippen molar-refractivity contribution in [1.29, 1.82) is 0 Å². The molecular formula is C14H26N4O2S. The highest BCUT2D eigenvalue weighted by Gasteiger charge is 2.16. The number of hydrogen-bond acceptors (Lipinski definition) is 4. The molecule has 0 unspecified atom stereocenters. The highest BCUT2D eigenvalue weighted by molar-refractivity contribution is 7.87. The highest BCUT2D eigenvalue weighted by atomic mass is 32.2. The molecule has 0 atom stereocenters. The predicted octanol–water partition coefficient (Wildman–Crippen LogP) is 0.778. The predicted molar refractivity (Wildman–Crippen MR) is 85.2 cm³/mol. The summed E-state index contributed by atoms with van der Waals surface area (Å²) in [5, 5.41) is 3.27. The van der Waals surface area contributed by atoms with Crippen molar-refractivity contribution in [2.75, 3.05) is 26.7 Å². The van der Waals surface area contributed by atoms with E-state index >= 15 is 0 Å². The molecule has 0 amide bonds. The van der Waals surface area contributed by atoms with Crippen LogP contribution in [0.4, 0.5) is 0 Å². The van der Waals surface area contributed by atoms with Crippen molar-refractivity contribution in [1.82, 2.24) is 19.3 Å². The van der Waals surface area contributed by atoms with E-state index in [0.29, 0.717) is 25.6 Å². The molecule has 0 fully saturated rings. The zero-order chi connectivity index (χ0) is 15.7. The number of nitrogens with zero attached hydrogens (tertiary/aromatic N) is 2. The van der Waals surface area contributed by atoms with Gasteiger partial charge in [0.05, 0.1) is 0 Å². The van der Waals surface area contributed by atoms with Crippen LogP contribution in [-0.2, 0) is 16.6 Å². The maximum atomic E-state index is 12.0. The first-order valence-electron chi connectivity index (χ1n) is 7.25. The molecule has 0 saturated carbocycles. The lowest BCUT2D eigenvalue weighted by Gasteiger charge is -2.18. The average molecular weight is 314 g/mol. The molecule has 1 aromatic rings. The monoisotopic (exact) mass is 314 g/mol. The minimum absolute atomic E-state index is 0.390. The zero-order valence-corrected chi connectivity index (χ0v) is 13.9. The topological polar surface area (TPSA) is 74.3 Å². The lowest BCUT2D eigenvalue weighted by molar-refractivity contribution is 0.439. The van der Waals surface area contributed by atoms with Gasteiger partial charge in [0.15, 0.2) is 0 Å². The molecule has 0 aliphatic rings. The summed E-state index contributed by atoms with van der Waals surface area (Å²) in [6.45, 7) is 5.85. The Hall–Kier alpha value is -1.02. The fraction of sp³-hybridized carbons (Fsp3) is 0.643. The van der Waals surface area contributed by atoms with Crippen LogP contribution < -0.4 is 10.0 Å². The molecule has 0 radical (unpaired) electrons. The SMILES string of the molecule is CC(C)NCCCN(C)S(=O)(=O)NCCc1ccncc1. The third-order valence-corrected chi connectivity index (χ3v) is 4.63. The van der Waals surface area contributed by atoms with Gasteiger partial charge in [-0.3, -0.25) is 4.98 Å². The van der Waals surface area contributed by atoms with E-state index in [1.165, 1.54) is 4.31 Å². The van der Waals surface area contributed by atoms with E-state index in [0.717, 1.165) is 18.5 Å². The van der Waals surface area contributed by atoms with Crippen molar-refractivity contribution in [3.63, 3.8) is 0 Å². The van der Waals surface area contributed by atoms with Gasteiger partial charge in [0.2, 0.25) is 0 Å². The van der Waals surface area contributed by atoms with Crippen molar-refractivity contribution in [3.8, 4) is 0 Å². The summed E-state index contributed by atoms with van der Waals surface area (Å²) < 4.78 is 28.0. The Morgan fingerprint density at radius 3 is 2.52 bits per heavy atom. The smallest absolute Gasteiger partial charge is 0.279 e. The molecule has 0 bridgehead atoms. The molecule has 1 rings (SSSR count). The summed E-state index contributed by atoms with van der Waals surface area (Å²) in [7, 11) is -1.79. The second-order valence-electron chi connectivity index (χ2n) is 5.29. The second kappa shape index (κ2) is 9.09. The summed E-state index contributed by atoms with van der Waals surface area (Å²) in [6.07, 6.45) is 4.86. The highest BCUT2D eigenvalue weighted by Crippen LogP contribution is 1.99. The Morgan fingerprint density at radius 2 is 1.90 bits per heavy atom. The van der Waals surface area contributed by atoms with Crippen LogP contribution >= 0.6 is 0 Å².